The molecule has 27 heavy (non-hydrogen) atoms. The SMILES string of the molecule is O=C(CCNS(=O)(=O)c1ccc2c(c1)OCCCO2)NC1CC(C(=O)O)C1. The lowest BCUT2D eigenvalue weighted by atomic mass is 9.80. The van der Waals surface area contributed by atoms with Crippen LogP contribution in [0.25, 0.3) is 0 Å². The lowest BCUT2D eigenvalue weighted by Gasteiger charge is -2.32. The van der Waals surface area contributed by atoms with Gasteiger partial charge in [-0.2, -0.15) is 0 Å². The second kappa shape index (κ2) is 8.13. The van der Waals surface area contributed by atoms with Gasteiger partial charge in [0.25, 0.3) is 0 Å². The molecule has 10 heteroatoms. The first-order valence-corrected chi connectivity index (χ1v) is 10.2. The number of aliphatic carboxylic acids is 1. The zero-order valence-electron chi connectivity index (χ0n) is 14.6. The summed E-state index contributed by atoms with van der Waals surface area (Å²) in [6.45, 7) is 0.909. The van der Waals surface area contributed by atoms with Crippen LogP contribution in [0.3, 0.4) is 0 Å². The van der Waals surface area contributed by atoms with Crippen molar-refractivity contribution in [2.75, 3.05) is 19.8 Å². The number of rotatable bonds is 7. The number of ether oxygens (including phenoxy) is 2. The van der Waals surface area contributed by atoms with Gasteiger partial charge in [-0.05, 0) is 25.0 Å². The fourth-order valence-corrected chi connectivity index (χ4v) is 3.98. The van der Waals surface area contributed by atoms with Crippen LogP contribution in [0.15, 0.2) is 23.1 Å². The van der Waals surface area contributed by atoms with E-state index in [1.807, 2.05) is 0 Å². The van der Waals surface area contributed by atoms with Gasteiger partial charge >= 0.3 is 5.97 Å². The molecule has 0 unspecified atom stereocenters. The molecule has 1 aromatic rings. The van der Waals surface area contributed by atoms with Gasteiger partial charge in [-0.15, -0.1) is 0 Å². The molecule has 0 radical (unpaired) electrons. The monoisotopic (exact) mass is 398 g/mol. The number of carboxylic acid groups (broad SMARTS) is 1. The maximum Gasteiger partial charge on any atom is 0.306 e. The van der Waals surface area contributed by atoms with Crippen LogP contribution in [0.2, 0.25) is 0 Å². The van der Waals surface area contributed by atoms with Crippen LogP contribution in [0.1, 0.15) is 25.7 Å². The van der Waals surface area contributed by atoms with Gasteiger partial charge in [0, 0.05) is 31.5 Å². The molecule has 3 rings (SSSR count). The molecule has 3 N–H and O–H groups in total. The van der Waals surface area contributed by atoms with Crippen molar-refractivity contribution in [1.29, 1.82) is 0 Å². The Labute approximate surface area is 157 Å². The van der Waals surface area contributed by atoms with Crippen LogP contribution in [-0.2, 0) is 19.6 Å². The van der Waals surface area contributed by atoms with E-state index in [-0.39, 0.29) is 29.8 Å². The Morgan fingerprint density at radius 2 is 1.85 bits per heavy atom. The number of hydrogen-bond donors (Lipinski definition) is 3. The lowest BCUT2D eigenvalue weighted by molar-refractivity contribution is -0.146. The third-order valence-corrected chi connectivity index (χ3v) is 5.98. The Hall–Kier alpha value is -2.33. The highest BCUT2D eigenvalue weighted by molar-refractivity contribution is 7.89. The number of nitrogens with one attached hydrogen (secondary N) is 2. The Morgan fingerprint density at radius 1 is 1.15 bits per heavy atom. The molecular formula is C17H22N2O7S. The number of carbonyl (C=O) groups excluding carboxylic acids is 1. The predicted molar refractivity (Wildman–Crippen MR) is 94.1 cm³/mol. The van der Waals surface area contributed by atoms with Gasteiger partial charge in [-0.3, -0.25) is 9.59 Å². The summed E-state index contributed by atoms with van der Waals surface area (Å²) < 4.78 is 38.1. The van der Waals surface area contributed by atoms with Crippen LogP contribution in [0.5, 0.6) is 11.5 Å². The minimum Gasteiger partial charge on any atom is -0.490 e. The second-order valence-corrected chi connectivity index (χ2v) is 8.34. The minimum atomic E-state index is -3.78. The minimum absolute atomic E-state index is 0.0297. The number of amides is 1. The van der Waals surface area contributed by atoms with E-state index >= 15 is 0 Å². The molecule has 0 aromatic heterocycles. The van der Waals surface area contributed by atoms with Crippen LogP contribution in [0.4, 0.5) is 0 Å². The summed E-state index contributed by atoms with van der Waals surface area (Å²) in [5.74, 6) is -0.695. The summed E-state index contributed by atoms with van der Waals surface area (Å²) in [5.41, 5.74) is 0. The first-order valence-electron chi connectivity index (χ1n) is 8.76. The quantitative estimate of drug-likeness (QED) is 0.609. The molecule has 1 aliphatic carbocycles. The van der Waals surface area contributed by atoms with Gasteiger partial charge in [0.1, 0.15) is 0 Å². The third kappa shape index (κ3) is 4.89. The van der Waals surface area contributed by atoms with Crippen molar-refractivity contribution in [2.45, 2.75) is 36.6 Å². The Balaban J connectivity index is 1.48. The van der Waals surface area contributed by atoms with Crippen LogP contribution in [-0.4, -0.2) is 51.2 Å². The molecule has 0 saturated heterocycles. The standard InChI is InChI=1S/C17H22N2O7S/c20-16(19-12-8-11(9-12)17(21)22)4-5-18-27(23,24)13-2-3-14-15(10-13)26-7-1-6-25-14/h2-3,10-12,18H,1,4-9H2,(H,19,20)(H,21,22). The normalized spacial score (nSPS) is 21.6. The Bertz CT molecular complexity index is 819. The number of fused-ring (bicyclic) bond motifs is 1. The largest absolute Gasteiger partial charge is 0.490 e. The lowest BCUT2D eigenvalue weighted by Crippen LogP contribution is -2.47. The van der Waals surface area contributed by atoms with E-state index in [4.69, 9.17) is 14.6 Å². The molecule has 1 aliphatic heterocycles. The molecule has 0 bridgehead atoms. The smallest absolute Gasteiger partial charge is 0.306 e. The summed E-state index contributed by atoms with van der Waals surface area (Å²) in [4.78, 5) is 22.6. The number of sulfonamides is 1. The number of carboxylic acids is 1. The average Bonchev–Trinajstić information content (AvgIpc) is 2.81. The zero-order chi connectivity index (χ0) is 19.4. The van der Waals surface area contributed by atoms with E-state index < -0.39 is 21.9 Å². The number of hydrogen-bond acceptors (Lipinski definition) is 6. The second-order valence-electron chi connectivity index (χ2n) is 6.58. The number of carbonyl (C=O) groups is 2. The van der Waals surface area contributed by atoms with Gasteiger partial charge < -0.3 is 19.9 Å². The highest BCUT2D eigenvalue weighted by Gasteiger charge is 2.35. The molecule has 2 aliphatic rings. The molecule has 0 spiro atoms. The van der Waals surface area contributed by atoms with Crippen LogP contribution in [0, 0.1) is 5.92 Å². The van der Waals surface area contributed by atoms with Crippen molar-refractivity contribution in [2.24, 2.45) is 5.92 Å². The van der Waals surface area contributed by atoms with E-state index in [1.165, 1.54) is 12.1 Å². The summed E-state index contributed by atoms with van der Waals surface area (Å²) in [6, 6.07) is 4.23. The van der Waals surface area contributed by atoms with E-state index in [2.05, 4.69) is 10.0 Å². The molecule has 0 atom stereocenters. The first-order chi connectivity index (χ1) is 12.8. The Morgan fingerprint density at radius 3 is 2.56 bits per heavy atom. The van der Waals surface area contributed by atoms with Crippen LogP contribution < -0.4 is 19.5 Å². The molecule has 9 nitrogen and oxygen atoms in total. The first kappa shape index (κ1) is 19.4. The molecule has 148 valence electrons. The van der Waals surface area contributed by atoms with E-state index in [9.17, 15) is 18.0 Å². The predicted octanol–water partition coefficient (Wildman–Crippen LogP) is 0.496. The van der Waals surface area contributed by atoms with E-state index in [1.54, 1.807) is 6.07 Å². The molecule has 1 saturated carbocycles. The van der Waals surface area contributed by atoms with Gasteiger partial charge in [0.2, 0.25) is 15.9 Å². The maximum absolute atomic E-state index is 12.4. The van der Waals surface area contributed by atoms with Crippen molar-refractivity contribution in [3.63, 3.8) is 0 Å². The fraction of sp³-hybridized carbons (Fsp3) is 0.529. The van der Waals surface area contributed by atoms with Crippen molar-refractivity contribution < 1.29 is 32.6 Å². The summed E-state index contributed by atoms with van der Waals surface area (Å²) in [5, 5.41) is 11.5. The molecular weight excluding hydrogens is 376 g/mol. The van der Waals surface area contributed by atoms with Crippen molar-refractivity contribution in [3.8, 4) is 11.5 Å². The topological polar surface area (TPSA) is 131 Å². The van der Waals surface area contributed by atoms with Gasteiger partial charge in [0.05, 0.1) is 24.0 Å². The molecule has 1 heterocycles. The fourth-order valence-electron chi connectivity index (χ4n) is 2.93. The average molecular weight is 398 g/mol. The van der Waals surface area contributed by atoms with Crippen molar-refractivity contribution in [3.05, 3.63) is 18.2 Å². The van der Waals surface area contributed by atoms with E-state index in [0.29, 0.717) is 37.6 Å². The Kier molecular flexibility index (Phi) is 5.85. The summed E-state index contributed by atoms with van der Waals surface area (Å²) in [7, 11) is -3.78. The van der Waals surface area contributed by atoms with E-state index in [0.717, 1.165) is 6.42 Å². The molecule has 1 aromatic carbocycles. The van der Waals surface area contributed by atoms with Gasteiger partial charge in [-0.1, -0.05) is 0 Å². The van der Waals surface area contributed by atoms with Gasteiger partial charge in [-0.25, -0.2) is 13.1 Å². The van der Waals surface area contributed by atoms with Crippen molar-refractivity contribution >= 4 is 21.9 Å². The van der Waals surface area contributed by atoms with Crippen LogP contribution >= 0.6 is 0 Å². The summed E-state index contributed by atoms with van der Waals surface area (Å²) >= 11 is 0. The third-order valence-electron chi connectivity index (χ3n) is 4.53. The maximum atomic E-state index is 12.4. The highest BCUT2D eigenvalue weighted by atomic mass is 32.2. The van der Waals surface area contributed by atoms with Gasteiger partial charge in [0.15, 0.2) is 11.5 Å². The summed E-state index contributed by atoms with van der Waals surface area (Å²) in [6.07, 6.45) is 1.50. The molecule has 1 amide bonds. The number of benzene rings is 1. The van der Waals surface area contributed by atoms with Crippen molar-refractivity contribution in [1.82, 2.24) is 10.0 Å². The highest BCUT2D eigenvalue weighted by Crippen LogP contribution is 2.31. The zero-order valence-corrected chi connectivity index (χ0v) is 15.5. The molecule has 1 fully saturated rings.